The zero-order valence-corrected chi connectivity index (χ0v) is 11.1. The van der Waals surface area contributed by atoms with E-state index in [9.17, 15) is 17.6 Å². The van der Waals surface area contributed by atoms with Gasteiger partial charge < -0.3 is 0 Å². The lowest BCUT2D eigenvalue weighted by Gasteiger charge is -2.09. The monoisotopic (exact) mass is 314 g/mol. The number of benzene rings is 2. The summed E-state index contributed by atoms with van der Waals surface area (Å²) in [6.07, 6.45) is 0. The molecule has 0 aliphatic carbocycles. The van der Waals surface area contributed by atoms with E-state index in [0.717, 1.165) is 18.2 Å². The van der Waals surface area contributed by atoms with E-state index < -0.39 is 23.3 Å². The van der Waals surface area contributed by atoms with Gasteiger partial charge in [0, 0.05) is 6.07 Å². The number of hydrogen-bond donors (Lipinski definition) is 0. The Balaban J connectivity index is 2.39. The Kier molecular flexibility index (Phi) is 3.33. The molecule has 1 heterocycles. The Morgan fingerprint density at radius 3 is 2.33 bits per heavy atom. The Morgan fingerprint density at radius 2 is 1.67 bits per heavy atom. The standard InChI is InChI=1S/C14H7ClF4N2/c15-6-12-20-11-4-3-9(17)13(19)14(11)21(12)7-1-2-8(16)10(18)5-7/h1-5H,6H2. The number of aromatic nitrogens is 2. The second-order valence-corrected chi connectivity index (χ2v) is 4.59. The molecule has 0 radical (unpaired) electrons. The van der Waals surface area contributed by atoms with Gasteiger partial charge >= 0.3 is 0 Å². The highest BCUT2D eigenvalue weighted by atomic mass is 35.5. The van der Waals surface area contributed by atoms with Gasteiger partial charge in [-0.25, -0.2) is 22.5 Å². The summed E-state index contributed by atoms with van der Waals surface area (Å²) in [5, 5.41) is 0. The Morgan fingerprint density at radius 1 is 0.952 bits per heavy atom. The van der Waals surface area contributed by atoms with Gasteiger partial charge in [-0.2, -0.15) is 0 Å². The molecule has 0 N–H and O–H groups in total. The lowest BCUT2D eigenvalue weighted by Crippen LogP contribution is -2.02. The zero-order chi connectivity index (χ0) is 15.1. The van der Waals surface area contributed by atoms with Crippen LogP contribution < -0.4 is 0 Å². The molecule has 0 aliphatic heterocycles. The lowest BCUT2D eigenvalue weighted by molar-refractivity contribution is 0.507. The summed E-state index contributed by atoms with van der Waals surface area (Å²) in [6.45, 7) is 0. The topological polar surface area (TPSA) is 17.8 Å². The van der Waals surface area contributed by atoms with Crippen LogP contribution >= 0.6 is 11.6 Å². The molecule has 21 heavy (non-hydrogen) atoms. The number of nitrogens with zero attached hydrogens (tertiary/aromatic N) is 2. The molecule has 7 heteroatoms. The Labute approximate surface area is 121 Å². The summed E-state index contributed by atoms with van der Waals surface area (Å²) >= 11 is 5.75. The normalized spacial score (nSPS) is 11.3. The fourth-order valence-corrected chi connectivity index (χ4v) is 2.32. The Bertz CT molecular complexity index is 845. The smallest absolute Gasteiger partial charge is 0.185 e. The van der Waals surface area contributed by atoms with Crippen molar-refractivity contribution in [3.05, 3.63) is 59.4 Å². The summed E-state index contributed by atoms with van der Waals surface area (Å²) in [4.78, 5) is 4.07. The summed E-state index contributed by atoms with van der Waals surface area (Å²) in [5.41, 5.74) is 0.113. The molecule has 0 fully saturated rings. The van der Waals surface area contributed by atoms with E-state index >= 15 is 0 Å². The van der Waals surface area contributed by atoms with E-state index in [1.807, 2.05) is 0 Å². The van der Waals surface area contributed by atoms with Crippen LogP contribution in [0, 0.1) is 23.3 Å². The van der Waals surface area contributed by atoms with Crippen LogP contribution in [0.4, 0.5) is 17.6 Å². The van der Waals surface area contributed by atoms with E-state index in [2.05, 4.69) is 4.98 Å². The van der Waals surface area contributed by atoms with Crippen molar-refractivity contribution in [2.45, 2.75) is 5.88 Å². The number of halogens is 5. The second kappa shape index (κ2) is 5.04. The van der Waals surface area contributed by atoms with Gasteiger partial charge in [-0.1, -0.05) is 0 Å². The highest BCUT2D eigenvalue weighted by Crippen LogP contribution is 2.27. The molecule has 0 spiro atoms. The molecule has 2 nitrogen and oxygen atoms in total. The lowest BCUT2D eigenvalue weighted by atomic mass is 10.2. The van der Waals surface area contributed by atoms with Gasteiger partial charge in [0.2, 0.25) is 0 Å². The zero-order valence-electron chi connectivity index (χ0n) is 10.4. The minimum Gasteiger partial charge on any atom is -0.292 e. The molecule has 0 amide bonds. The maximum atomic E-state index is 14.0. The van der Waals surface area contributed by atoms with Crippen molar-refractivity contribution in [2.75, 3.05) is 0 Å². The Hall–Kier alpha value is -2.08. The van der Waals surface area contributed by atoms with Gasteiger partial charge in [-0.05, 0) is 24.3 Å². The molecule has 0 saturated heterocycles. The van der Waals surface area contributed by atoms with Gasteiger partial charge in [0.25, 0.3) is 0 Å². The third-order valence-corrected chi connectivity index (χ3v) is 3.30. The largest absolute Gasteiger partial charge is 0.292 e. The van der Waals surface area contributed by atoms with Gasteiger partial charge in [-0.15, -0.1) is 11.6 Å². The quantitative estimate of drug-likeness (QED) is 0.509. The van der Waals surface area contributed by atoms with Crippen LogP contribution in [0.5, 0.6) is 0 Å². The van der Waals surface area contributed by atoms with Crippen LogP contribution in [0.1, 0.15) is 5.82 Å². The van der Waals surface area contributed by atoms with Gasteiger partial charge in [0.05, 0.1) is 17.1 Å². The van der Waals surface area contributed by atoms with E-state index in [4.69, 9.17) is 11.6 Å². The number of hydrogen-bond acceptors (Lipinski definition) is 1. The van der Waals surface area contributed by atoms with Crippen molar-refractivity contribution in [3.8, 4) is 5.69 Å². The molecule has 0 atom stereocenters. The summed E-state index contributed by atoms with van der Waals surface area (Å²) in [5.74, 6) is -4.24. The molecule has 2 aromatic carbocycles. The van der Waals surface area contributed by atoms with E-state index in [1.165, 1.54) is 16.7 Å². The van der Waals surface area contributed by atoms with E-state index in [0.29, 0.717) is 0 Å². The second-order valence-electron chi connectivity index (χ2n) is 4.32. The molecule has 0 bridgehead atoms. The molecule has 0 aliphatic rings. The molecule has 3 aromatic rings. The highest BCUT2D eigenvalue weighted by molar-refractivity contribution is 6.17. The summed E-state index contributed by atoms with van der Waals surface area (Å²) in [7, 11) is 0. The predicted molar refractivity (Wildman–Crippen MR) is 70.5 cm³/mol. The predicted octanol–water partition coefficient (Wildman–Crippen LogP) is 4.32. The van der Waals surface area contributed by atoms with Crippen LogP contribution in [0.3, 0.4) is 0 Å². The van der Waals surface area contributed by atoms with E-state index in [1.54, 1.807) is 0 Å². The molecule has 3 rings (SSSR count). The first kappa shape index (κ1) is 13.9. The van der Waals surface area contributed by atoms with Crippen LogP contribution in [0.2, 0.25) is 0 Å². The van der Waals surface area contributed by atoms with Crippen molar-refractivity contribution in [1.29, 1.82) is 0 Å². The van der Waals surface area contributed by atoms with Crippen LogP contribution in [-0.2, 0) is 5.88 Å². The van der Waals surface area contributed by atoms with Crippen molar-refractivity contribution >= 4 is 22.6 Å². The van der Waals surface area contributed by atoms with Crippen LogP contribution in [0.15, 0.2) is 30.3 Å². The molecule has 0 unspecified atom stereocenters. The van der Waals surface area contributed by atoms with Crippen molar-refractivity contribution in [2.24, 2.45) is 0 Å². The van der Waals surface area contributed by atoms with Crippen molar-refractivity contribution in [1.82, 2.24) is 9.55 Å². The molecule has 1 aromatic heterocycles. The highest BCUT2D eigenvalue weighted by Gasteiger charge is 2.19. The van der Waals surface area contributed by atoms with Crippen LogP contribution in [-0.4, -0.2) is 9.55 Å². The van der Waals surface area contributed by atoms with Gasteiger partial charge in [-0.3, -0.25) is 4.57 Å². The fourth-order valence-electron chi connectivity index (χ4n) is 2.14. The molecule has 0 saturated carbocycles. The molecular weight excluding hydrogens is 308 g/mol. The average Bonchev–Trinajstić information content (AvgIpc) is 2.85. The molecule has 108 valence electrons. The van der Waals surface area contributed by atoms with E-state index in [-0.39, 0.29) is 28.4 Å². The maximum absolute atomic E-state index is 14.0. The third kappa shape index (κ3) is 2.15. The first-order chi connectivity index (χ1) is 10.0. The number of rotatable bonds is 2. The SMILES string of the molecule is Fc1ccc(-n2c(CCl)nc3ccc(F)c(F)c32)cc1F. The first-order valence-electron chi connectivity index (χ1n) is 5.89. The number of alkyl halides is 1. The minimum atomic E-state index is -1.12. The van der Waals surface area contributed by atoms with Gasteiger partial charge in [0.15, 0.2) is 23.3 Å². The minimum absolute atomic E-state index is 0.102. The summed E-state index contributed by atoms with van der Waals surface area (Å²) in [6, 6.07) is 5.24. The third-order valence-electron chi connectivity index (χ3n) is 3.06. The number of fused-ring (bicyclic) bond motifs is 1. The van der Waals surface area contributed by atoms with Crippen molar-refractivity contribution < 1.29 is 17.6 Å². The average molecular weight is 315 g/mol. The molecular formula is C14H7ClF4N2. The number of imidazole rings is 1. The summed E-state index contributed by atoms with van der Waals surface area (Å²) < 4.78 is 55.0. The maximum Gasteiger partial charge on any atom is 0.185 e. The first-order valence-corrected chi connectivity index (χ1v) is 6.43. The fraction of sp³-hybridized carbons (Fsp3) is 0.0714. The van der Waals surface area contributed by atoms with Gasteiger partial charge in [0.1, 0.15) is 11.3 Å². The van der Waals surface area contributed by atoms with Crippen LogP contribution in [0.25, 0.3) is 16.7 Å². The van der Waals surface area contributed by atoms with Crippen molar-refractivity contribution in [3.63, 3.8) is 0 Å².